The van der Waals surface area contributed by atoms with E-state index in [2.05, 4.69) is 25.8 Å². The number of benzene rings is 2. The fraction of sp³-hybridized carbons (Fsp3) is 0.300. The van der Waals surface area contributed by atoms with E-state index in [9.17, 15) is 9.18 Å². The van der Waals surface area contributed by atoms with Crippen LogP contribution in [0.15, 0.2) is 42.5 Å². The second kappa shape index (κ2) is 9.17. The summed E-state index contributed by atoms with van der Waals surface area (Å²) in [5.41, 5.74) is 0.776. The second-order valence-electron chi connectivity index (χ2n) is 6.68. The first-order valence-electron chi connectivity index (χ1n) is 9.48. The fourth-order valence-electron chi connectivity index (χ4n) is 3.06. The Morgan fingerprint density at radius 3 is 2.72 bits per heavy atom. The minimum absolute atomic E-state index is 0.262. The number of ether oxygens (including phenoxy) is 1. The van der Waals surface area contributed by atoms with Crippen LogP contribution in [0.1, 0.15) is 0 Å². The molecule has 3 aromatic rings. The maximum Gasteiger partial charge on any atom is 0.321 e. The summed E-state index contributed by atoms with van der Waals surface area (Å²) in [5, 5.41) is 9.49. The molecule has 0 bridgehead atoms. The first-order chi connectivity index (χ1) is 14.2. The van der Waals surface area contributed by atoms with Crippen LogP contribution in [0.3, 0.4) is 0 Å². The largest absolute Gasteiger partial charge is 0.457 e. The van der Waals surface area contributed by atoms with Crippen molar-refractivity contribution in [2.75, 3.05) is 44.6 Å². The number of rotatable bonds is 6. The molecule has 0 spiro atoms. The van der Waals surface area contributed by atoms with Gasteiger partial charge in [-0.2, -0.15) is 0 Å². The van der Waals surface area contributed by atoms with Gasteiger partial charge in [0.05, 0.1) is 10.2 Å². The van der Waals surface area contributed by atoms with Gasteiger partial charge in [0.15, 0.2) is 5.13 Å². The number of fused-ring (bicyclic) bond motifs is 1. The number of carbonyl (C=O) groups is 1. The molecule has 1 aromatic heterocycles. The van der Waals surface area contributed by atoms with Gasteiger partial charge in [0, 0.05) is 45.3 Å². The number of nitrogens with zero attached hydrogens (tertiary/aromatic N) is 2. The SMILES string of the molecule is O=C(NCCN1CCNCC1)Nc1nc2ccc(Oc3ccc(F)cc3)cc2s1. The van der Waals surface area contributed by atoms with Gasteiger partial charge in [-0.15, -0.1) is 0 Å². The minimum atomic E-state index is -0.308. The van der Waals surface area contributed by atoms with Crippen molar-refractivity contribution in [3.63, 3.8) is 0 Å². The molecule has 2 amide bonds. The lowest BCUT2D eigenvalue weighted by molar-refractivity contribution is 0.233. The van der Waals surface area contributed by atoms with E-state index < -0.39 is 0 Å². The Balaban J connectivity index is 1.32. The number of urea groups is 1. The van der Waals surface area contributed by atoms with Crippen molar-refractivity contribution in [3.05, 3.63) is 48.3 Å². The molecule has 152 valence electrons. The van der Waals surface area contributed by atoms with Gasteiger partial charge < -0.3 is 15.4 Å². The maximum absolute atomic E-state index is 13.0. The number of amides is 2. The van der Waals surface area contributed by atoms with Crippen molar-refractivity contribution in [1.82, 2.24) is 20.5 Å². The van der Waals surface area contributed by atoms with E-state index >= 15 is 0 Å². The van der Waals surface area contributed by atoms with Gasteiger partial charge in [-0.25, -0.2) is 14.2 Å². The molecule has 1 fully saturated rings. The molecule has 29 heavy (non-hydrogen) atoms. The number of thiazole rings is 1. The average molecular weight is 415 g/mol. The summed E-state index contributed by atoms with van der Waals surface area (Å²) in [6.07, 6.45) is 0. The van der Waals surface area contributed by atoms with Crippen molar-refractivity contribution in [2.24, 2.45) is 0 Å². The molecule has 1 saturated heterocycles. The van der Waals surface area contributed by atoms with Crippen LogP contribution in [0.5, 0.6) is 11.5 Å². The van der Waals surface area contributed by atoms with Crippen LogP contribution in [0.25, 0.3) is 10.2 Å². The highest BCUT2D eigenvalue weighted by Gasteiger charge is 2.11. The first kappa shape index (κ1) is 19.6. The van der Waals surface area contributed by atoms with E-state index in [1.54, 1.807) is 18.2 Å². The maximum atomic E-state index is 13.0. The summed E-state index contributed by atoms with van der Waals surface area (Å²) in [6, 6.07) is 11.1. The Morgan fingerprint density at radius 1 is 1.17 bits per heavy atom. The summed E-state index contributed by atoms with van der Waals surface area (Å²) < 4.78 is 19.6. The Labute approximate surface area is 171 Å². The first-order valence-corrected chi connectivity index (χ1v) is 10.3. The monoisotopic (exact) mass is 415 g/mol. The Morgan fingerprint density at radius 2 is 1.93 bits per heavy atom. The van der Waals surface area contributed by atoms with E-state index in [1.807, 2.05) is 12.1 Å². The number of piperazine rings is 1. The van der Waals surface area contributed by atoms with Crippen molar-refractivity contribution in [1.29, 1.82) is 0 Å². The van der Waals surface area contributed by atoms with Crippen LogP contribution in [0.4, 0.5) is 14.3 Å². The zero-order valence-corrected chi connectivity index (χ0v) is 16.6. The minimum Gasteiger partial charge on any atom is -0.457 e. The van der Waals surface area contributed by atoms with Crippen molar-refractivity contribution >= 4 is 32.7 Å². The molecule has 2 heterocycles. The van der Waals surface area contributed by atoms with Crippen molar-refractivity contribution in [2.45, 2.75) is 0 Å². The fourth-order valence-corrected chi connectivity index (χ4v) is 3.95. The smallest absolute Gasteiger partial charge is 0.321 e. The van der Waals surface area contributed by atoms with Crippen molar-refractivity contribution in [3.8, 4) is 11.5 Å². The third-order valence-corrected chi connectivity index (χ3v) is 5.49. The summed E-state index contributed by atoms with van der Waals surface area (Å²) in [5.74, 6) is 0.870. The van der Waals surface area contributed by atoms with Crippen LogP contribution >= 0.6 is 11.3 Å². The van der Waals surface area contributed by atoms with Gasteiger partial charge in [0.25, 0.3) is 0 Å². The number of aromatic nitrogens is 1. The zero-order chi connectivity index (χ0) is 20.1. The lowest BCUT2D eigenvalue weighted by Gasteiger charge is -2.27. The molecule has 0 radical (unpaired) electrons. The highest BCUT2D eigenvalue weighted by molar-refractivity contribution is 7.22. The van der Waals surface area contributed by atoms with Gasteiger partial charge in [0.2, 0.25) is 0 Å². The number of nitrogens with one attached hydrogen (secondary N) is 3. The summed E-state index contributed by atoms with van der Waals surface area (Å²) in [4.78, 5) is 18.9. The molecule has 1 aliphatic heterocycles. The van der Waals surface area contributed by atoms with Gasteiger partial charge in [-0.3, -0.25) is 10.2 Å². The van der Waals surface area contributed by atoms with E-state index in [0.29, 0.717) is 23.2 Å². The number of anilines is 1. The molecule has 4 rings (SSSR count). The predicted molar refractivity (Wildman–Crippen MR) is 112 cm³/mol. The third kappa shape index (κ3) is 5.41. The van der Waals surface area contributed by atoms with Crippen LogP contribution in [0, 0.1) is 5.82 Å². The predicted octanol–water partition coefficient (Wildman–Crippen LogP) is 3.25. The van der Waals surface area contributed by atoms with Crippen LogP contribution in [0.2, 0.25) is 0 Å². The molecule has 0 unspecified atom stereocenters. The lowest BCUT2D eigenvalue weighted by atomic mass is 10.3. The van der Waals surface area contributed by atoms with Gasteiger partial charge >= 0.3 is 6.03 Å². The zero-order valence-electron chi connectivity index (χ0n) is 15.8. The molecule has 0 atom stereocenters. The van der Waals surface area contributed by atoms with E-state index in [0.717, 1.165) is 42.9 Å². The Hall–Kier alpha value is -2.75. The molecule has 1 aliphatic rings. The van der Waals surface area contributed by atoms with E-state index in [1.165, 1.54) is 23.5 Å². The highest BCUT2D eigenvalue weighted by Crippen LogP contribution is 2.31. The molecule has 0 aliphatic carbocycles. The van der Waals surface area contributed by atoms with Gasteiger partial charge in [-0.1, -0.05) is 11.3 Å². The van der Waals surface area contributed by atoms with E-state index in [4.69, 9.17) is 4.74 Å². The molecule has 9 heteroatoms. The molecular formula is C20H22FN5O2S. The molecule has 3 N–H and O–H groups in total. The number of hydrogen-bond donors (Lipinski definition) is 3. The number of hydrogen-bond acceptors (Lipinski definition) is 6. The van der Waals surface area contributed by atoms with Crippen LogP contribution in [-0.2, 0) is 0 Å². The highest BCUT2D eigenvalue weighted by atomic mass is 32.1. The quantitative estimate of drug-likeness (QED) is 0.576. The summed E-state index contributed by atoms with van der Waals surface area (Å²) in [7, 11) is 0. The summed E-state index contributed by atoms with van der Waals surface area (Å²) in [6.45, 7) is 5.41. The van der Waals surface area contributed by atoms with Gasteiger partial charge in [-0.05, 0) is 36.4 Å². The standard InChI is InChI=1S/C20H22FN5O2S/c21-14-1-3-15(4-2-14)28-16-5-6-17-18(13-16)29-20(24-17)25-19(27)23-9-12-26-10-7-22-8-11-26/h1-6,13,22H,7-12H2,(H2,23,24,25,27). The molecular weight excluding hydrogens is 393 g/mol. The second-order valence-corrected chi connectivity index (χ2v) is 7.71. The normalized spacial score (nSPS) is 14.7. The number of carbonyl (C=O) groups excluding carboxylic acids is 1. The summed E-state index contributed by atoms with van der Waals surface area (Å²) >= 11 is 1.37. The van der Waals surface area contributed by atoms with Gasteiger partial charge in [0.1, 0.15) is 17.3 Å². The Kier molecular flexibility index (Phi) is 6.18. The molecule has 7 nitrogen and oxygen atoms in total. The Bertz CT molecular complexity index is 973. The molecule has 0 saturated carbocycles. The van der Waals surface area contributed by atoms with E-state index in [-0.39, 0.29) is 11.8 Å². The third-order valence-electron chi connectivity index (χ3n) is 4.55. The topological polar surface area (TPSA) is 78.5 Å². The number of halogens is 1. The molecule has 2 aromatic carbocycles. The lowest BCUT2D eigenvalue weighted by Crippen LogP contribution is -2.46. The van der Waals surface area contributed by atoms with Crippen LogP contribution in [-0.4, -0.2) is 55.2 Å². The van der Waals surface area contributed by atoms with Crippen LogP contribution < -0.4 is 20.7 Å². The average Bonchev–Trinajstić information content (AvgIpc) is 3.12. The van der Waals surface area contributed by atoms with Crippen molar-refractivity contribution < 1.29 is 13.9 Å².